The predicted molar refractivity (Wildman–Crippen MR) is 71.5 cm³/mol. The third-order valence-corrected chi connectivity index (χ3v) is 3.36. The molecule has 1 unspecified atom stereocenters. The highest BCUT2D eigenvalue weighted by molar-refractivity contribution is 6.42. The molecule has 1 aromatic carbocycles. The molecule has 2 aromatic rings. The largest absolute Gasteiger partial charge is 0.334 e. The Hall–Kier alpha value is -1.10. The number of halogens is 2. The normalized spacial score (nSPS) is 13.0. The first-order chi connectivity index (χ1) is 8.49. The molecule has 0 amide bonds. The molecule has 4 nitrogen and oxygen atoms in total. The Labute approximate surface area is 115 Å². The highest BCUT2D eigenvalue weighted by Crippen LogP contribution is 2.28. The van der Waals surface area contributed by atoms with Crippen LogP contribution in [0.2, 0.25) is 10.0 Å². The van der Waals surface area contributed by atoms with Crippen molar-refractivity contribution in [3.63, 3.8) is 0 Å². The molecular formula is C12H13Cl2N3O. The van der Waals surface area contributed by atoms with E-state index in [-0.39, 0.29) is 12.0 Å². The van der Waals surface area contributed by atoms with Crippen molar-refractivity contribution in [2.45, 2.75) is 19.9 Å². The maximum atomic E-state index is 5.95. The molecule has 2 N–H and O–H groups in total. The quantitative estimate of drug-likeness (QED) is 0.934. The Morgan fingerprint density at radius 2 is 1.94 bits per heavy atom. The number of rotatable bonds is 3. The molecule has 0 fully saturated rings. The van der Waals surface area contributed by atoms with Crippen molar-refractivity contribution >= 4 is 23.2 Å². The first-order valence-corrected chi connectivity index (χ1v) is 6.29. The van der Waals surface area contributed by atoms with Crippen molar-refractivity contribution in [3.05, 3.63) is 34.1 Å². The summed E-state index contributed by atoms with van der Waals surface area (Å²) < 4.78 is 5.17. The zero-order valence-electron chi connectivity index (χ0n) is 10.0. The Balaban J connectivity index is 2.32. The fourth-order valence-corrected chi connectivity index (χ4v) is 1.71. The van der Waals surface area contributed by atoms with Gasteiger partial charge in [0.1, 0.15) is 0 Å². The first-order valence-electron chi connectivity index (χ1n) is 5.53. The SMILES string of the molecule is CC(C)C(N)c1noc(-c2ccc(Cl)c(Cl)c2)n1. The molecule has 2 rings (SSSR count). The number of nitrogens with two attached hydrogens (primary N) is 1. The molecule has 0 saturated heterocycles. The van der Waals surface area contributed by atoms with E-state index in [9.17, 15) is 0 Å². The molecule has 96 valence electrons. The van der Waals surface area contributed by atoms with Crippen LogP contribution in [0, 0.1) is 5.92 Å². The van der Waals surface area contributed by atoms with Crippen LogP contribution in [0.5, 0.6) is 0 Å². The predicted octanol–water partition coefficient (Wildman–Crippen LogP) is 3.70. The lowest BCUT2D eigenvalue weighted by Crippen LogP contribution is -2.18. The van der Waals surface area contributed by atoms with Gasteiger partial charge in [0.15, 0.2) is 5.82 Å². The fourth-order valence-electron chi connectivity index (χ4n) is 1.41. The van der Waals surface area contributed by atoms with Gasteiger partial charge in [0.05, 0.1) is 16.1 Å². The maximum Gasteiger partial charge on any atom is 0.258 e. The third kappa shape index (κ3) is 2.66. The van der Waals surface area contributed by atoms with Gasteiger partial charge >= 0.3 is 0 Å². The van der Waals surface area contributed by atoms with E-state index in [1.54, 1.807) is 18.2 Å². The van der Waals surface area contributed by atoms with Crippen molar-refractivity contribution < 1.29 is 4.52 Å². The highest BCUT2D eigenvalue weighted by Gasteiger charge is 2.18. The van der Waals surface area contributed by atoms with Gasteiger partial charge in [-0.25, -0.2) is 0 Å². The third-order valence-electron chi connectivity index (χ3n) is 2.62. The smallest absolute Gasteiger partial charge is 0.258 e. The van der Waals surface area contributed by atoms with Crippen LogP contribution < -0.4 is 5.73 Å². The lowest BCUT2D eigenvalue weighted by molar-refractivity contribution is 0.400. The van der Waals surface area contributed by atoms with Crippen LogP contribution in [0.25, 0.3) is 11.5 Å². The molecule has 0 spiro atoms. The van der Waals surface area contributed by atoms with Crippen molar-refractivity contribution in [2.24, 2.45) is 11.7 Å². The monoisotopic (exact) mass is 285 g/mol. The van der Waals surface area contributed by atoms with E-state index in [2.05, 4.69) is 10.1 Å². The van der Waals surface area contributed by atoms with E-state index < -0.39 is 0 Å². The van der Waals surface area contributed by atoms with Gasteiger partial charge in [0.2, 0.25) is 0 Å². The molecule has 0 aliphatic heterocycles. The van der Waals surface area contributed by atoms with Crippen LogP contribution in [-0.4, -0.2) is 10.1 Å². The van der Waals surface area contributed by atoms with Crippen LogP contribution in [0.4, 0.5) is 0 Å². The second-order valence-electron chi connectivity index (χ2n) is 4.36. The Kier molecular flexibility index (Phi) is 3.90. The molecule has 0 bridgehead atoms. The molecule has 1 atom stereocenters. The van der Waals surface area contributed by atoms with Crippen LogP contribution in [-0.2, 0) is 0 Å². The molecule has 6 heteroatoms. The Morgan fingerprint density at radius 3 is 2.56 bits per heavy atom. The summed E-state index contributed by atoms with van der Waals surface area (Å²) in [6.07, 6.45) is 0. The average Bonchev–Trinajstić information content (AvgIpc) is 2.81. The first kappa shape index (κ1) is 13.3. The van der Waals surface area contributed by atoms with Gasteiger partial charge in [-0.2, -0.15) is 4.98 Å². The molecule has 1 heterocycles. The molecule has 0 aliphatic rings. The molecule has 0 saturated carbocycles. The highest BCUT2D eigenvalue weighted by atomic mass is 35.5. The minimum absolute atomic E-state index is 0.240. The molecule has 1 aromatic heterocycles. The number of nitrogens with zero attached hydrogens (tertiary/aromatic N) is 2. The van der Waals surface area contributed by atoms with E-state index in [4.69, 9.17) is 33.5 Å². The van der Waals surface area contributed by atoms with Crippen LogP contribution >= 0.6 is 23.2 Å². The van der Waals surface area contributed by atoms with Gasteiger partial charge < -0.3 is 10.3 Å². The summed E-state index contributed by atoms with van der Waals surface area (Å²) in [4.78, 5) is 4.27. The van der Waals surface area contributed by atoms with E-state index in [1.807, 2.05) is 13.8 Å². The van der Waals surface area contributed by atoms with E-state index in [1.165, 1.54) is 0 Å². The molecule has 0 aliphatic carbocycles. The summed E-state index contributed by atoms with van der Waals surface area (Å²) in [5, 5.41) is 4.81. The van der Waals surface area contributed by atoms with Crippen LogP contribution in [0.1, 0.15) is 25.7 Å². The minimum atomic E-state index is -0.245. The van der Waals surface area contributed by atoms with Crippen molar-refractivity contribution in [3.8, 4) is 11.5 Å². The summed E-state index contributed by atoms with van der Waals surface area (Å²) >= 11 is 11.8. The van der Waals surface area contributed by atoms with Gasteiger partial charge in [-0.15, -0.1) is 0 Å². The van der Waals surface area contributed by atoms with Gasteiger partial charge in [-0.1, -0.05) is 42.2 Å². The van der Waals surface area contributed by atoms with E-state index in [0.29, 0.717) is 21.8 Å². The summed E-state index contributed by atoms with van der Waals surface area (Å²) in [6, 6.07) is 4.89. The molecule has 0 radical (unpaired) electrons. The van der Waals surface area contributed by atoms with Gasteiger partial charge in [0.25, 0.3) is 5.89 Å². The Morgan fingerprint density at radius 1 is 1.22 bits per heavy atom. The molecular weight excluding hydrogens is 273 g/mol. The lowest BCUT2D eigenvalue weighted by atomic mass is 10.1. The molecule has 18 heavy (non-hydrogen) atoms. The van der Waals surface area contributed by atoms with Crippen molar-refractivity contribution in [1.29, 1.82) is 0 Å². The van der Waals surface area contributed by atoms with E-state index in [0.717, 1.165) is 5.56 Å². The second-order valence-corrected chi connectivity index (χ2v) is 5.17. The van der Waals surface area contributed by atoms with Gasteiger partial charge in [-0.3, -0.25) is 0 Å². The topological polar surface area (TPSA) is 64.9 Å². The van der Waals surface area contributed by atoms with Crippen LogP contribution in [0.3, 0.4) is 0 Å². The number of benzene rings is 1. The summed E-state index contributed by atoms with van der Waals surface area (Å²) in [5.41, 5.74) is 6.67. The summed E-state index contributed by atoms with van der Waals surface area (Å²) in [7, 11) is 0. The van der Waals surface area contributed by atoms with Gasteiger partial charge in [0, 0.05) is 5.56 Å². The summed E-state index contributed by atoms with van der Waals surface area (Å²) in [6.45, 7) is 4.00. The van der Waals surface area contributed by atoms with Crippen molar-refractivity contribution in [1.82, 2.24) is 10.1 Å². The second kappa shape index (κ2) is 5.26. The minimum Gasteiger partial charge on any atom is -0.334 e. The standard InChI is InChI=1S/C12H13Cl2N3O/c1-6(2)10(15)11-16-12(18-17-11)7-3-4-8(13)9(14)5-7/h3-6,10H,15H2,1-2H3. The van der Waals surface area contributed by atoms with Gasteiger partial charge in [-0.05, 0) is 24.1 Å². The summed E-state index contributed by atoms with van der Waals surface area (Å²) in [5.74, 6) is 1.12. The fraction of sp³-hybridized carbons (Fsp3) is 0.333. The average molecular weight is 286 g/mol. The number of aromatic nitrogens is 2. The van der Waals surface area contributed by atoms with Crippen LogP contribution in [0.15, 0.2) is 22.7 Å². The zero-order chi connectivity index (χ0) is 13.3. The van der Waals surface area contributed by atoms with Crippen molar-refractivity contribution in [2.75, 3.05) is 0 Å². The lowest BCUT2D eigenvalue weighted by Gasteiger charge is -2.09. The number of hydrogen-bond donors (Lipinski definition) is 1. The Bertz CT molecular complexity index is 554. The maximum absolute atomic E-state index is 5.95. The zero-order valence-corrected chi connectivity index (χ0v) is 11.5. The number of hydrogen-bond acceptors (Lipinski definition) is 4. The van der Waals surface area contributed by atoms with E-state index >= 15 is 0 Å².